The smallest absolute Gasteiger partial charge is 0.170 e. The molecule has 3 rings (SSSR count). The number of ether oxygens (including phenoxy) is 2. The second kappa shape index (κ2) is 6.56. The monoisotopic (exact) mass is 326 g/mol. The van der Waals surface area contributed by atoms with Gasteiger partial charge in [-0.1, -0.05) is 12.1 Å². The van der Waals surface area contributed by atoms with Gasteiger partial charge in [-0.3, -0.25) is 4.79 Å². The largest absolute Gasteiger partial charge is 0.508 e. The quantitative estimate of drug-likeness (QED) is 0.841. The zero-order valence-electron chi connectivity index (χ0n) is 14.2. The van der Waals surface area contributed by atoms with E-state index in [4.69, 9.17) is 9.47 Å². The van der Waals surface area contributed by atoms with Gasteiger partial charge in [-0.25, -0.2) is 0 Å². The third kappa shape index (κ3) is 2.84. The van der Waals surface area contributed by atoms with E-state index in [1.165, 1.54) is 0 Å². The number of Topliss-reactive ketones (excluding diaryl/α,β-unsaturated/α-hetero) is 1. The van der Waals surface area contributed by atoms with Crippen molar-refractivity contribution < 1.29 is 19.4 Å². The van der Waals surface area contributed by atoms with Crippen LogP contribution >= 0.6 is 0 Å². The minimum Gasteiger partial charge on any atom is -0.508 e. The van der Waals surface area contributed by atoms with Gasteiger partial charge in [-0.15, -0.1) is 0 Å². The molecular formula is C20H22O4. The lowest BCUT2D eigenvalue weighted by Crippen LogP contribution is -2.31. The number of benzene rings is 2. The molecule has 1 saturated carbocycles. The zero-order chi connectivity index (χ0) is 17.3. The Bertz CT molecular complexity index is 766. The van der Waals surface area contributed by atoms with Crippen molar-refractivity contribution in [3.05, 3.63) is 53.1 Å². The van der Waals surface area contributed by atoms with Crippen molar-refractivity contribution >= 4 is 5.78 Å². The summed E-state index contributed by atoms with van der Waals surface area (Å²) >= 11 is 0. The lowest BCUT2D eigenvalue weighted by atomic mass is 9.67. The molecule has 0 radical (unpaired) electrons. The number of phenolic OH excluding ortho intramolecular Hbond substituents is 1. The Labute approximate surface area is 142 Å². The summed E-state index contributed by atoms with van der Waals surface area (Å²) < 4.78 is 10.6. The van der Waals surface area contributed by atoms with Crippen LogP contribution in [0, 0.1) is 12.8 Å². The summed E-state index contributed by atoms with van der Waals surface area (Å²) in [6.07, 6.45) is 1.80. The zero-order valence-corrected chi connectivity index (χ0v) is 14.2. The number of methoxy groups -OCH3 is 2. The maximum Gasteiger partial charge on any atom is 0.170 e. The molecule has 126 valence electrons. The molecule has 2 aromatic rings. The van der Waals surface area contributed by atoms with E-state index in [9.17, 15) is 9.90 Å². The molecule has 0 amide bonds. The predicted molar refractivity (Wildman–Crippen MR) is 92.2 cm³/mol. The number of aryl methyl sites for hydroxylation is 1. The number of ketones is 1. The molecule has 2 aromatic carbocycles. The van der Waals surface area contributed by atoms with Gasteiger partial charge < -0.3 is 14.6 Å². The molecule has 4 heteroatoms. The van der Waals surface area contributed by atoms with Gasteiger partial charge >= 0.3 is 0 Å². The molecule has 1 aliphatic carbocycles. The Kier molecular flexibility index (Phi) is 4.47. The van der Waals surface area contributed by atoms with Crippen LogP contribution in [0.1, 0.15) is 40.2 Å². The molecule has 1 aliphatic rings. The Morgan fingerprint density at radius 1 is 1.08 bits per heavy atom. The SMILES string of the molecule is COc1ccc(OC)c(C(=O)C2CCC2c2ccc(C)c(O)c2)c1. The molecule has 2 atom stereocenters. The topological polar surface area (TPSA) is 55.8 Å². The standard InChI is InChI=1S/C20H22O4/c1-12-4-5-13(10-18(12)21)15-7-8-16(15)20(22)17-11-14(23-2)6-9-19(17)24-3/h4-6,9-11,15-16,21H,7-8H2,1-3H3. The van der Waals surface area contributed by atoms with Gasteiger partial charge in [0.1, 0.15) is 17.2 Å². The van der Waals surface area contributed by atoms with Crippen molar-refractivity contribution in [3.63, 3.8) is 0 Å². The average molecular weight is 326 g/mol. The average Bonchev–Trinajstić information content (AvgIpc) is 2.56. The molecule has 4 nitrogen and oxygen atoms in total. The molecule has 0 spiro atoms. The summed E-state index contributed by atoms with van der Waals surface area (Å²) in [5.41, 5.74) is 2.42. The van der Waals surface area contributed by atoms with Gasteiger partial charge in [-0.05, 0) is 61.1 Å². The molecule has 24 heavy (non-hydrogen) atoms. The van der Waals surface area contributed by atoms with Crippen LogP contribution in [0.4, 0.5) is 0 Å². The number of rotatable bonds is 5. The molecule has 0 aromatic heterocycles. The molecule has 1 fully saturated rings. The van der Waals surface area contributed by atoms with Crippen molar-refractivity contribution in [3.8, 4) is 17.2 Å². The van der Waals surface area contributed by atoms with Gasteiger partial charge in [-0.2, -0.15) is 0 Å². The summed E-state index contributed by atoms with van der Waals surface area (Å²) in [6, 6.07) is 11.0. The summed E-state index contributed by atoms with van der Waals surface area (Å²) in [6.45, 7) is 1.86. The second-order valence-corrected chi connectivity index (χ2v) is 6.27. The van der Waals surface area contributed by atoms with E-state index in [1.807, 2.05) is 19.1 Å². The third-order valence-electron chi connectivity index (χ3n) is 4.94. The van der Waals surface area contributed by atoms with E-state index in [0.29, 0.717) is 17.1 Å². The Balaban J connectivity index is 1.89. The van der Waals surface area contributed by atoms with Crippen LogP contribution in [-0.2, 0) is 0 Å². The fraction of sp³-hybridized carbons (Fsp3) is 0.350. The number of carbonyl (C=O) groups is 1. The van der Waals surface area contributed by atoms with Crippen LogP contribution in [-0.4, -0.2) is 25.1 Å². The number of phenols is 1. The maximum absolute atomic E-state index is 13.0. The highest BCUT2D eigenvalue weighted by Crippen LogP contribution is 2.46. The molecule has 0 saturated heterocycles. The normalized spacial score (nSPS) is 19.5. The summed E-state index contributed by atoms with van der Waals surface area (Å²) in [5.74, 6) is 1.61. The van der Waals surface area contributed by atoms with Crippen LogP contribution in [0.15, 0.2) is 36.4 Å². The van der Waals surface area contributed by atoms with Gasteiger partial charge in [0.2, 0.25) is 0 Å². The number of carbonyl (C=O) groups excluding carboxylic acids is 1. The van der Waals surface area contributed by atoms with E-state index in [1.54, 1.807) is 38.5 Å². The van der Waals surface area contributed by atoms with Crippen LogP contribution in [0.25, 0.3) is 0 Å². The Hall–Kier alpha value is -2.49. The highest BCUT2D eigenvalue weighted by atomic mass is 16.5. The van der Waals surface area contributed by atoms with Gasteiger partial charge in [0.05, 0.1) is 19.8 Å². The molecule has 1 N–H and O–H groups in total. The minimum absolute atomic E-state index is 0.0714. The number of aromatic hydroxyl groups is 1. The highest BCUT2D eigenvalue weighted by molar-refractivity contribution is 6.01. The first-order valence-corrected chi connectivity index (χ1v) is 8.11. The van der Waals surface area contributed by atoms with Crippen molar-refractivity contribution in [2.24, 2.45) is 5.92 Å². The fourth-order valence-electron chi connectivity index (χ4n) is 3.28. The lowest BCUT2D eigenvalue weighted by Gasteiger charge is -2.36. The van der Waals surface area contributed by atoms with Crippen molar-refractivity contribution in [2.45, 2.75) is 25.7 Å². The predicted octanol–water partition coefficient (Wildman–Crippen LogP) is 4.09. The van der Waals surface area contributed by atoms with Gasteiger partial charge in [0.25, 0.3) is 0 Å². The van der Waals surface area contributed by atoms with E-state index in [-0.39, 0.29) is 23.4 Å². The molecule has 0 aliphatic heterocycles. The number of hydrogen-bond acceptors (Lipinski definition) is 4. The second-order valence-electron chi connectivity index (χ2n) is 6.27. The highest BCUT2D eigenvalue weighted by Gasteiger charge is 2.39. The summed E-state index contributed by atoms with van der Waals surface area (Å²) in [5, 5.41) is 9.94. The summed E-state index contributed by atoms with van der Waals surface area (Å²) in [4.78, 5) is 13.0. The minimum atomic E-state index is -0.0897. The lowest BCUT2D eigenvalue weighted by molar-refractivity contribution is 0.0815. The first-order valence-electron chi connectivity index (χ1n) is 8.11. The van der Waals surface area contributed by atoms with Crippen molar-refractivity contribution in [1.82, 2.24) is 0 Å². The molecular weight excluding hydrogens is 304 g/mol. The first kappa shape index (κ1) is 16.4. The van der Waals surface area contributed by atoms with E-state index in [0.717, 1.165) is 24.0 Å². The van der Waals surface area contributed by atoms with Crippen LogP contribution in [0.5, 0.6) is 17.2 Å². The first-order chi connectivity index (χ1) is 11.5. The Morgan fingerprint density at radius 3 is 2.46 bits per heavy atom. The summed E-state index contributed by atoms with van der Waals surface area (Å²) in [7, 11) is 3.14. The maximum atomic E-state index is 13.0. The van der Waals surface area contributed by atoms with Gasteiger partial charge in [0.15, 0.2) is 5.78 Å². The molecule has 0 heterocycles. The van der Waals surface area contributed by atoms with E-state index >= 15 is 0 Å². The van der Waals surface area contributed by atoms with Crippen molar-refractivity contribution in [1.29, 1.82) is 0 Å². The van der Waals surface area contributed by atoms with Crippen LogP contribution in [0.2, 0.25) is 0 Å². The molecule has 2 unspecified atom stereocenters. The third-order valence-corrected chi connectivity index (χ3v) is 4.94. The van der Waals surface area contributed by atoms with Crippen molar-refractivity contribution in [2.75, 3.05) is 14.2 Å². The van der Waals surface area contributed by atoms with Crippen LogP contribution in [0.3, 0.4) is 0 Å². The van der Waals surface area contributed by atoms with E-state index in [2.05, 4.69) is 0 Å². The number of hydrogen-bond donors (Lipinski definition) is 1. The van der Waals surface area contributed by atoms with Crippen LogP contribution < -0.4 is 9.47 Å². The Morgan fingerprint density at radius 2 is 1.88 bits per heavy atom. The van der Waals surface area contributed by atoms with E-state index < -0.39 is 0 Å². The fourth-order valence-corrected chi connectivity index (χ4v) is 3.28. The van der Waals surface area contributed by atoms with Gasteiger partial charge in [0, 0.05) is 5.92 Å². The molecule has 0 bridgehead atoms.